The number of ether oxygens (including phenoxy) is 1. The van der Waals surface area contributed by atoms with Gasteiger partial charge in [0.05, 0.1) is 6.04 Å². The Hall–Kier alpha value is -1.62. The molecule has 1 aromatic carbocycles. The van der Waals surface area contributed by atoms with E-state index in [1.807, 2.05) is 0 Å². The molecule has 0 spiro atoms. The number of carbonyl (C=O) groups excluding carboxylic acids is 1. The molecule has 1 aromatic rings. The molecule has 2 atom stereocenters. The zero-order valence-corrected chi connectivity index (χ0v) is 16.8. The second kappa shape index (κ2) is 11.0. The van der Waals surface area contributed by atoms with Crippen molar-refractivity contribution in [2.75, 3.05) is 6.54 Å². The second-order valence-electron chi connectivity index (χ2n) is 7.91. The summed E-state index contributed by atoms with van der Waals surface area (Å²) in [7, 11) is -1.69. The first-order valence-electron chi connectivity index (χ1n) is 9.56. The summed E-state index contributed by atoms with van der Waals surface area (Å²) in [4.78, 5) is 12.7. The van der Waals surface area contributed by atoms with Crippen LogP contribution in [0.25, 0.3) is 0 Å². The highest BCUT2D eigenvalue weighted by Gasteiger charge is 2.37. The van der Waals surface area contributed by atoms with Crippen molar-refractivity contribution in [3.05, 3.63) is 29.8 Å². The molecule has 0 aliphatic carbocycles. The van der Waals surface area contributed by atoms with Gasteiger partial charge < -0.3 is 26.3 Å². The molecular formula is C19H30BF3N2O4. The number of alkyl halides is 3. The molecule has 0 aromatic heterocycles. The van der Waals surface area contributed by atoms with Gasteiger partial charge in [-0.25, -0.2) is 0 Å². The molecule has 0 heterocycles. The molecule has 0 saturated heterocycles. The second-order valence-corrected chi connectivity index (χ2v) is 7.91. The minimum absolute atomic E-state index is 0.162. The van der Waals surface area contributed by atoms with E-state index in [1.54, 1.807) is 13.8 Å². The lowest BCUT2D eigenvalue weighted by molar-refractivity contribution is -0.274. The average Bonchev–Trinajstić information content (AvgIpc) is 2.60. The summed E-state index contributed by atoms with van der Waals surface area (Å²) < 4.78 is 40.6. The fraction of sp³-hybridized carbons (Fsp3) is 0.632. The van der Waals surface area contributed by atoms with Gasteiger partial charge in [-0.2, -0.15) is 0 Å². The number of Topliss-reactive ketones (excluding diaryl/α,β-unsaturated/α-hetero) is 1. The van der Waals surface area contributed by atoms with Crippen LogP contribution in [0.4, 0.5) is 13.2 Å². The summed E-state index contributed by atoms with van der Waals surface area (Å²) in [6.45, 7) is 3.93. The molecule has 2 unspecified atom stereocenters. The van der Waals surface area contributed by atoms with Crippen LogP contribution in [-0.2, 0) is 11.2 Å². The number of rotatable bonds is 12. The van der Waals surface area contributed by atoms with Crippen LogP contribution in [0.15, 0.2) is 24.3 Å². The number of hydrogen-bond acceptors (Lipinski definition) is 6. The van der Waals surface area contributed by atoms with Crippen molar-refractivity contribution >= 4 is 12.9 Å². The fourth-order valence-electron chi connectivity index (χ4n) is 3.31. The van der Waals surface area contributed by atoms with Crippen LogP contribution in [-0.4, -0.2) is 41.9 Å². The summed E-state index contributed by atoms with van der Waals surface area (Å²) in [5.41, 5.74) is 11.1. The Labute approximate surface area is 169 Å². The number of nitrogens with two attached hydrogens (primary N) is 2. The molecule has 1 rings (SSSR count). The molecule has 0 fully saturated rings. The smallest absolute Gasteiger partial charge is 0.427 e. The van der Waals surface area contributed by atoms with Crippen molar-refractivity contribution in [1.29, 1.82) is 0 Å². The van der Waals surface area contributed by atoms with Crippen molar-refractivity contribution in [2.45, 2.75) is 64.2 Å². The van der Waals surface area contributed by atoms with E-state index in [0.717, 1.165) is 25.0 Å². The topological polar surface area (TPSA) is 119 Å². The Balaban J connectivity index is 2.78. The molecule has 6 nitrogen and oxygen atoms in total. The van der Waals surface area contributed by atoms with Gasteiger partial charge in [-0.15, -0.1) is 13.2 Å². The van der Waals surface area contributed by atoms with Crippen molar-refractivity contribution in [1.82, 2.24) is 0 Å². The molecule has 0 radical (unpaired) electrons. The van der Waals surface area contributed by atoms with Gasteiger partial charge in [0, 0.05) is 5.41 Å². The van der Waals surface area contributed by atoms with E-state index in [-0.39, 0.29) is 24.4 Å². The summed E-state index contributed by atoms with van der Waals surface area (Å²) in [6, 6.07) is 4.50. The van der Waals surface area contributed by atoms with Crippen LogP contribution < -0.4 is 16.2 Å². The molecular weight excluding hydrogens is 388 g/mol. The molecule has 164 valence electrons. The van der Waals surface area contributed by atoms with Crippen LogP contribution in [0.2, 0.25) is 5.82 Å². The standard InChI is InChI=1S/C19H30BF3N2O4/c1-18(2,17(26)16(25)5-3-4-10-24)12-14(20(27)28)11-13-6-8-15(9-7-13)29-19(21,22)23/h6-9,14,16,27-28H,3-5,10-12,24-25H2,1-2H3. The van der Waals surface area contributed by atoms with E-state index < -0.39 is 30.8 Å². The summed E-state index contributed by atoms with van der Waals surface area (Å²) in [6.07, 6.45) is -2.44. The first-order chi connectivity index (χ1) is 13.4. The Morgan fingerprint density at radius 3 is 2.24 bits per heavy atom. The minimum Gasteiger partial charge on any atom is -0.427 e. The van der Waals surface area contributed by atoms with Crippen molar-refractivity contribution in [2.24, 2.45) is 16.9 Å². The van der Waals surface area contributed by atoms with Gasteiger partial charge in [0.15, 0.2) is 5.78 Å². The quantitative estimate of drug-likeness (QED) is 0.306. The number of benzene rings is 1. The van der Waals surface area contributed by atoms with Gasteiger partial charge in [0.1, 0.15) is 5.75 Å². The van der Waals surface area contributed by atoms with Crippen molar-refractivity contribution in [3.63, 3.8) is 0 Å². The summed E-state index contributed by atoms with van der Waals surface area (Å²) in [5.74, 6) is -1.23. The van der Waals surface area contributed by atoms with Gasteiger partial charge >= 0.3 is 13.5 Å². The number of unbranched alkanes of at least 4 members (excludes halogenated alkanes) is 1. The SMILES string of the molecule is CC(C)(CC(Cc1ccc(OC(F)(F)F)cc1)B(O)O)C(=O)C(N)CCCCN. The molecule has 0 aliphatic heterocycles. The highest BCUT2D eigenvalue weighted by atomic mass is 19.4. The number of ketones is 1. The Morgan fingerprint density at radius 1 is 1.17 bits per heavy atom. The highest BCUT2D eigenvalue weighted by molar-refractivity contribution is 6.43. The van der Waals surface area contributed by atoms with Crippen LogP contribution in [0.5, 0.6) is 5.75 Å². The third kappa shape index (κ3) is 9.16. The van der Waals surface area contributed by atoms with Gasteiger partial charge in [-0.05, 0) is 55.7 Å². The normalized spacial score (nSPS) is 14.4. The molecule has 0 amide bonds. The Bertz CT molecular complexity index is 639. The van der Waals surface area contributed by atoms with Crippen LogP contribution in [0.1, 0.15) is 45.1 Å². The van der Waals surface area contributed by atoms with E-state index in [4.69, 9.17) is 11.5 Å². The number of carbonyl (C=O) groups is 1. The molecule has 10 heteroatoms. The minimum atomic E-state index is -4.78. The van der Waals surface area contributed by atoms with Crippen LogP contribution in [0, 0.1) is 5.41 Å². The highest BCUT2D eigenvalue weighted by Crippen LogP contribution is 2.34. The van der Waals surface area contributed by atoms with Gasteiger partial charge in [-0.3, -0.25) is 4.79 Å². The third-order valence-electron chi connectivity index (χ3n) is 4.82. The third-order valence-corrected chi connectivity index (χ3v) is 4.82. The molecule has 0 aliphatic rings. The zero-order valence-electron chi connectivity index (χ0n) is 16.8. The molecule has 29 heavy (non-hydrogen) atoms. The lowest BCUT2D eigenvalue weighted by atomic mass is 9.61. The lowest BCUT2D eigenvalue weighted by Gasteiger charge is -2.30. The number of hydrogen-bond donors (Lipinski definition) is 4. The first-order valence-corrected chi connectivity index (χ1v) is 9.56. The zero-order chi connectivity index (χ0) is 22.2. The molecule has 6 N–H and O–H groups in total. The maximum Gasteiger partial charge on any atom is 0.573 e. The van der Waals surface area contributed by atoms with Gasteiger partial charge in [0.25, 0.3) is 0 Å². The largest absolute Gasteiger partial charge is 0.573 e. The predicted octanol–water partition coefficient (Wildman–Crippen LogP) is 2.41. The summed E-state index contributed by atoms with van der Waals surface area (Å²) in [5, 5.41) is 19.5. The maximum atomic E-state index is 12.7. The van der Waals surface area contributed by atoms with E-state index in [9.17, 15) is 28.0 Å². The summed E-state index contributed by atoms with van der Waals surface area (Å²) >= 11 is 0. The van der Waals surface area contributed by atoms with E-state index in [1.165, 1.54) is 12.1 Å². The first kappa shape index (κ1) is 25.4. The van der Waals surface area contributed by atoms with E-state index >= 15 is 0 Å². The van der Waals surface area contributed by atoms with Crippen molar-refractivity contribution < 1.29 is 32.8 Å². The Kier molecular flexibility index (Phi) is 9.61. The Morgan fingerprint density at radius 2 is 1.76 bits per heavy atom. The fourth-order valence-corrected chi connectivity index (χ4v) is 3.31. The predicted molar refractivity (Wildman–Crippen MR) is 105 cm³/mol. The van der Waals surface area contributed by atoms with Crippen molar-refractivity contribution in [3.8, 4) is 5.75 Å². The van der Waals surface area contributed by atoms with E-state index in [0.29, 0.717) is 18.5 Å². The van der Waals surface area contributed by atoms with Crippen LogP contribution >= 0.6 is 0 Å². The molecule has 0 bridgehead atoms. The monoisotopic (exact) mass is 418 g/mol. The van der Waals surface area contributed by atoms with Gasteiger partial charge in [0.2, 0.25) is 0 Å². The number of halogens is 3. The van der Waals surface area contributed by atoms with Crippen LogP contribution in [0.3, 0.4) is 0 Å². The van der Waals surface area contributed by atoms with Gasteiger partial charge in [-0.1, -0.05) is 32.4 Å². The molecule has 0 saturated carbocycles. The maximum absolute atomic E-state index is 12.7. The average molecular weight is 418 g/mol. The van der Waals surface area contributed by atoms with E-state index in [2.05, 4.69) is 4.74 Å². The lowest BCUT2D eigenvalue weighted by Crippen LogP contribution is -2.42.